The lowest BCUT2D eigenvalue weighted by Crippen LogP contribution is -2.36. The van der Waals surface area contributed by atoms with Crippen LogP contribution in [0.5, 0.6) is 0 Å². The molecule has 0 saturated heterocycles. The van der Waals surface area contributed by atoms with Crippen molar-refractivity contribution < 1.29 is 13.2 Å². The van der Waals surface area contributed by atoms with Crippen molar-refractivity contribution in [3.8, 4) is 0 Å². The van der Waals surface area contributed by atoms with E-state index in [0.29, 0.717) is 6.54 Å². The highest BCUT2D eigenvalue weighted by Crippen LogP contribution is 2.37. The first-order valence-electron chi connectivity index (χ1n) is 6.71. The number of benzene rings is 1. The van der Waals surface area contributed by atoms with E-state index in [0.717, 1.165) is 31.2 Å². The third kappa shape index (κ3) is 3.37. The fraction of sp³-hybridized carbons (Fsp3) is 0.500. The van der Waals surface area contributed by atoms with Crippen molar-refractivity contribution >= 4 is 15.9 Å². The molecule has 6 heteroatoms. The van der Waals surface area contributed by atoms with Crippen LogP contribution in [0.1, 0.15) is 38.2 Å². The third-order valence-corrected chi connectivity index (χ3v) is 4.89. The minimum atomic E-state index is -3.66. The van der Waals surface area contributed by atoms with Crippen molar-refractivity contribution in [2.75, 3.05) is 0 Å². The molecule has 0 heterocycles. The van der Waals surface area contributed by atoms with E-state index >= 15 is 0 Å². The predicted octanol–water partition coefficient (Wildman–Crippen LogP) is 1.53. The van der Waals surface area contributed by atoms with Crippen molar-refractivity contribution in [3.05, 3.63) is 29.8 Å². The molecule has 0 bridgehead atoms. The number of hydrogen-bond donors (Lipinski definition) is 2. The zero-order chi connectivity index (χ0) is 14.8. The quantitative estimate of drug-likeness (QED) is 0.883. The summed E-state index contributed by atoms with van der Waals surface area (Å²) in [5.41, 5.74) is 0.605. The highest BCUT2D eigenvalue weighted by atomic mass is 32.2. The summed E-state index contributed by atoms with van der Waals surface area (Å²) in [4.78, 5) is 12.2. The molecule has 0 aromatic heterocycles. The number of sulfonamides is 1. The van der Waals surface area contributed by atoms with Crippen LogP contribution in [0, 0.1) is 5.41 Å². The maximum atomic E-state index is 12.1. The largest absolute Gasteiger partial charge is 0.352 e. The monoisotopic (exact) mass is 296 g/mol. The van der Waals surface area contributed by atoms with Crippen LogP contribution in [0.4, 0.5) is 0 Å². The van der Waals surface area contributed by atoms with Gasteiger partial charge >= 0.3 is 0 Å². The molecule has 1 fully saturated rings. The SMILES string of the molecule is CC1(C(=O)NCc2ccc(S(N)(=O)=O)cc2)CCCC1. The van der Waals surface area contributed by atoms with Crippen LogP contribution < -0.4 is 10.5 Å². The van der Waals surface area contributed by atoms with Crippen LogP contribution in [0.3, 0.4) is 0 Å². The van der Waals surface area contributed by atoms with Gasteiger partial charge in [0.2, 0.25) is 15.9 Å². The van der Waals surface area contributed by atoms with E-state index in [1.165, 1.54) is 12.1 Å². The second-order valence-corrected chi connectivity index (χ2v) is 7.20. The summed E-state index contributed by atoms with van der Waals surface area (Å²) < 4.78 is 22.3. The van der Waals surface area contributed by atoms with E-state index in [9.17, 15) is 13.2 Å². The van der Waals surface area contributed by atoms with Crippen molar-refractivity contribution in [2.24, 2.45) is 10.6 Å². The molecule has 0 spiro atoms. The first-order chi connectivity index (χ1) is 9.31. The number of amides is 1. The molecule has 20 heavy (non-hydrogen) atoms. The minimum Gasteiger partial charge on any atom is -0.352 e. The van der Waals surface area contributed by atoms with E-state index in [4.69, 9.17) is 5.14 Å². The number of nitrogens with one attached hydrogen (secondary N) is 1. The summed E-state index contributed by atoms with van der Waals surface area (Å²) in [6, 6.07) is 6.23. The van der Waals surface area contributed by atoms with Gasteiger partial charge in [-0.15, -0.1) is 0 Å². The lowest BCUT2D eigenvalue weighted by atomic mass is 9.88. The topological polar surface area (TPSA) is 89.3 Å². The summed E-state index contributed by atoms with van der Waals surface area (Å²) in [7, 11) is -3.66. The van der Waals surface area contributed by atoms with Gasteiger partial charge in [0.25, 0.3) is 0 Å². The van der Waals surface area contributed by atoms with Crippen molar-refractivity contribution in [1.29, 1.82) is 0 Å². The first kappa shape index (κ1) is 15.0. The molecule has 5 nitrogen and oxygen atoms in total. The Bertz CT molecular complexity index is 587. The van der Waals surface area contributed by atoms with E-state index in [2.05, 4.69) is 5.32 Å². The molecule has 3 N–H and O–H groups in total. The van der Waals surface area contributed by atoms with Gasteiger partial charge in [-0.25, -0.2) is 13.6 Å². The Kier molecular flexibility index (Phi) is 4.15. The lowest BCUT2D eigenvalue weighted by Gasteiger charge is -2.22. The molecule has 1 aliphatic carbocycles. The Morgan fingerprint density at radius 2 is 1.80 bits per heavy atom. The average Bonchev–Trinajstić information content (AvgIpc) is 2.84. The summed E-state index contributed by atoms with van der Waals surface area (Å²) >= 11 is 0. The minimum absolute atomic E-state index is 0.0746. The fourth-order valence-electron chi connectivity index (χ4n) is 2.58. The molecule has 1 aliphatic rings. The Balaban J connectivity index is 1.96. The standard InChI is InChI=1S/C14H20N2O3S/c1-14(8-2-3-9-14)13(17)16-10-11-4-6-12(7-5-11)20(15,18)19/h4-7H,2-3,8-10H2,1H3,(H,16,17)(H2,15,18,19). The third-order valence-electron chi connectivity index (χ3n) is 3.96. The van der Waals surface area contributed by atoms with E-state index in [1.54, 1.807) is 12.1 Å². The van der Waals surface area contributed by atoms with Crippen LogP contribution in [-0.4, -0.2) is 14.3 Å². The molecule has 1 amide bonds. The van der Waals surface area contributed by atoms with Gasteiger partial charge in [0.15, 0.2) is 0 Å². The molecule has 0 radical (unpaired) electrons. The molecule has 0 aliphatic heterocycles. The molecule has 1 aromatic rings. The molecule has 1 aromatic carbocycles. The number of hydrogen-bond acceptors (Lipinski definition) is 3. The zero-order valence-corrected chi connectivity index (χ0v) is 12.4. The normalized spacial score (nSPS) is 17.9. The zero-order valence-electron chi connectivity index (χ0n) is 11.6. The van der Waals surface area contributed by atoms with Crippen LogP contribution in [0.15, 0.2) is 29.2 Å². The Hall–Kier alpha value is -1.40. The van der Waals surface area contributed by atoms with Gasteiger partial charge in [0.05, 0.1) is 4.90 Å². The summed E-state index contributed by atoms with van der Waals surface area (Å²) in [6.07, 6.45) is 4.08. The van der Waals surface area contributed by atoms with Crippen molar-refractivity contribution in [2.45, 2.75) is 44.0 Å². The Morgan fingerprint density at radius 1 is 1.25 bits per heavy atom. The maximum absolute atomic E-state index is 12.1. The number of rotatable bonds is 4. The fourth-order valence-corrected chi connectivity index (χ4v) is 3.09. The van der Waals surface area contributed by atoms with E-state index in [1.807, 2.05) is 6.92 Å². The molecule has 0 unspecified atom stereocenters. The number of primary sulfonamides is 1. The van der Waals surface area contributed by atoms with Crippen molar-refractivity contribution in [1.82, 2.24) is 5.32 Å². The van der Waals surface area contributed by atoms with Gasteiger partial charge < -0.3 is 5.32 Å². The summed E-state index contributed by atoms with van der Waals surface area (Å²) in [5.74, 6) is 0.0746. The molecule has 0 atom stereocenters. The van der Waals surface area contributed by atoms with Crippen molar-refractivity contribution in [3.63, 3.8) is 0 Å². The molecule has 2 rings (SSSR count). The maximum Gasteiger partial charge on any atom is 0.238 e. The van der Waals surface area contributed by atoms with Gasteiger partial charge in [-0.3, -0.25) is 4.79 Å². The lowest BCUT2D eigenvalue weighted by molar-refractivity contribution is -0.130. The van der Waals surface area contributed by atoms with Crippen LogP contribution in [-0.2, 0) is 21.4 Å². The molecule has 1 saturated carbocycles. The smallest absolute Gasteiger partial charge is 0.238 e. The second-order valence-electron chi connectivity index (χ2n) is 5.64. The van der Waals surface area contributed by atoms with E-state index < -0.39 is 10.0 Å². The number of carbonyl (C=O) groups is 1. The predicted molar refractivity (Wildman–Crippen MR) is 76.2 cm³/mol. The highest BCUT2D eigenvalue weighted by Gasteiger charge is 2.35. The van der Waals surface area contributed by atoms with Crippen LogP contribution >= 0.6 is 0 Å². The van der Waals surface area contributed by atoms with Gasteiger partial charge in [0, 0.05) is 12.0 Å². The second kappa shape index (κ2) is 5.54. The van der Waals surface area contributed by atoms with Gasteiger partial charge in [-0.1, -0.05) is 31.9 Å². The van der Waals surface area contributed by atoms with Crippen LogP contribution in [0.25, 0.3) is 0 Å². The number of nitrogens with two attached hydrogens (primary N) is 1. The summed E-state index contributed by atoms with van der Waals surface area (Å²) in [5, 5.41) is 7.95. The highest BCUT2D eigenvalue weighted by molar-refractivity contribution is 7.89. The number of carbonyl (C=O) groups excluding carboxylic acids is 1. The molecular formula is C14H20N2O3S. The Morgan fingerprint density at radius 3 is 2.30 bits per heavy atom. The van der Waals surface area contributed by atoms with Gasteiger partial charge in [-0.05, 0) is 30.5 Å². The summed E-state index contributed by atoms with van der Waals surface area (Å²) in [6.45, 7) is 2.40. The Labute approximate surface area is 119 Å². The first-order valence-corrected chi connectivity index (χ1v) is 8.26. The van der Waals surface area contributed by atoms with Crippen LogP contribution in [0.2, 0.25) is 0 Å². The van der Waals surface area contributed by atoms with E-state index in [-0.39, 0.29) is 16.2 Å². The van der Waals surface area contributed by atoms with Gasteiger partial charge in [-0.2, -0.15) is 0 Å². The average molecular weight is 296 g/mol. The van der Waals surface area contributed by atoms with Gasteiger partial charge in [0.1, 0.15) is 0 Å². The molecule has 110 valence electrons. The molecular weight excluding hydrogens is 276 g/mol.